The Kier molecular flexibility index (Phi) is 5.03. The van der Waals surface area contributed by atoms with Gasteiger partial charge in [-0.05, 0) is 25.5 Å². The van der Waals surface area contributed by atoms with Crippen LogP contribution in [0.15, 0.2) is 34.9 Å². The van der Waals surface area contributed by atoms with Crippen molar-refractivity contribution in [2.75, 3.05) is 0 Å². The van der Waals surface area contributed by atoms with E-state index in [-0.39, 0.29) is 10.6 Å². The first-order chi connectivity index (χ1) is 10.0. The molecule has 2 aromatic rings. The predicted octanol–water partition coefficient (Wildman–Crippen LogP) is 3.66. The number of pyridine rings is 1. The fourth-order valence-corrected chi connectivity index (χ4v) is 2.61. The monoisotopic (exact) mass is 349 g/mol. The first-order valence-electron chi connectivity index (χ1n) is 6.54. The molecule has 1 aromatic carbocycles. The first-order valence-corrected chi connectivity index (χ1v) is 7.33. The smallest absolute Gasteiger partial charge is 0.278 e. The van der Waals surface area contributed by atoms with E-state index in [9.17, 15) is 10.1 Å². The molecule has 6 heteroatoms. The summed E-state index contributed by atoms with van der Waals surface area (Å²) in [5, 5.41) is 14.4. The van der Waals surface area contributed by atoms with Crippen LogP contribution >= 0.6 is 15.9 Å². The van der Waals surface area contributed by atoms with Crippen LogP contribution in [0.2, 0.25) is 0 Å². The van der Waals surface area contributed by atoms with Gasteiger partial charge < -0.3 is 5.32 Å². The molecule has 1 heterocycles. The first kappa shape index (κ1) is 15.6. The molecule has 0 radical (unpaired) electrons. The molecule has 0 saturated carbocycles. The highest BCUT2D eigenvalue weighted by Crippen LogP contribution is 2.24. The zero-order chi connectivity index (χ0) is 15.4. The van der Waals surface area contributed by atoms with Crippen molar-refractivity contribution in [3.05, 3.63) is 67.4 Å². The number of aryl methyl sites for hydroxylation is 1. The molecule has 0 spiro atoms. The molecule has 2 rings (SSSR count). The van der Waals surface area contributed by atoms with Crippen LogP contribution in [0.4, 0.5) is 5.69 Å². The molecule has 0 saturated heterocycles. The van der Waals surface area contributed by atoms with Crippen molar-refractivity contribution in [2.45, 2.75) is 26.9 Å². The normalized spacial score (nSPS) is 10.6. The summed E-state index contributed by atoms with van der Waals surface area (Å²) in [5.74, 6) is 0. The standard InChI is InChI=1S/C15H16BrN3O2/c1-10-7-18-14(11(2)15(10)19(20)21)9-17-8-12-5-3-4-6-13(12)16/h3-7,17H,8-9H2,1-2H3. The molecule has 0 atom stereocenters. The minimum Gasteiger partial charge on any atom is -0.307 e. The Balaban J connectivity index is 2.09. The summed E-state index contributed by atoms with van der Waals surface area (Å²) in [7, 11) is 0. The Morgan fingerprint density at radius 2 is 2.00 bits per heavy atom. The third-order valence-corrected chi connectivity index (χ3v) is 4.10. The van der Waals surface area contributed by atoms with E-state index >= 15 is 0 Å². The summed E-state index contributed by atoms with van der Waals surface area (Å²) >= 11 is 3.49. The predicted molar refractivity (Wildman–Crippen MR) is 85.1 cm³/mol. The fraction of sp³-hybridized carbons (Fsp3) is 0.267. The number of hydrogen-bond acceptors (Lipinski definition) is 4. The second kappa shape index (κ2) is 6.78. The molecule has 110 valence electrons. The molecular formula is C15H16BrN3O2. The van der Waals surface area contributed by atoms with Crippen LogP contribution in [0.5, 0.6) is 0 Å². The minimum absolute atomic E-state index is 0.155. The number of rotatable bonds is 5. The van der Waals surface area contributed by atoms with E-state index in [1.807, 2.05) is 24.3 Å². The average molecular weight is 350 g/mol. The van der Waals surface area contributed by atoms with Crippen LogP contribution in [-0.2, 0) is 13.1 Å². The average Bonchev–Trinajstić information content (AvgIpc) is 2.43. The molecule has 0 aliphatic rings. The summed E-state index contributed by atoms with van der Waals surface area (Å²) in [5.41, 5.74) is 3.21. The van der Waals surface area contributed by atoms with E-state index in [0.717, 1.165) is 10.0 Å². The Hall–Kier alpha value is -1.79. The summed E-state index contributed by atoms with van der Waals surface area (Å²) in [6.07, 6.45) is 1.56. The molecule has 0 unspecified atom stereocenters. The van der Waals surface area contributed by atoms with Crippen LogP contribution < -0.4 is 5.32 Å². The minimum atomic E-state index is -0.344. The van der Waals surface area contributed by atoms with Gasteiger partial charge in [-0.3, -0.25) is 15.1 Å². The summed E-state index contributed by atoms with van der Waals surface area (Å²) in [6.45, 7) is 4.61. The van der Waals surface area contributed by atoms with Crippen LogP contribution in [0, 0.1) is 24.0 Å². The lowest BCUT2D eigenvalue weighted by Gasteiger charge is -2.09. The molecular weight excluding hydrogens is 334 g/mol. The molecule has 0 aliphatic carbocycles. The molecule has 1 N–H and O–H groups in total. The third kappa shape index (κ3) is 3.65. The van der Waals surface area contributed by atoms with Crippen molar-refractivity contribution < 1.29 is 4.92 Å². The van der Waals surface area contributed by atoms with Gasteiger partial charge in [0.25, 0.3) is 5.69 Å². The molecule has 1 aromatic heterocycles. The van der Waals surface area contributed by atoms with E-state index in [2.05, 4.69) is 26.2 Å². The Bertz CT molecular complexity index is 674. The second-order valence-corrected chi connectivity index (χ2v) is 5.67. The van der Waals surface area contributed by atoms with Crippen LogP contribution in [-0.4, -0.2) is 9.91 Å². The lowest BCUT2D eigenvalue weighted by atomic mass is 10.1. The molecule has 0 bridgehead atoms. The zero-order valence-electron chi connectivity index (χ0n) is 11.9. The highest BCUT2D eigenvalue weighted by atomic mass is 79.9. The summed E-state index contributed by atoms with van der Waals surface area (Å²) in [6, 6.07) is 7.94. The summed E-state index contributed by atoms with van der Waals surface area (Å²) < 4.78 is 1.04. The number of halogens is 1. The number of hydrogen-bond donors (Lipinski definition) is 1. The van der Waals surface area contributed by atoms with Crippen molar-refractivity contribution in [3.63, 3.8) is 0 Å². The lowest BCUT2D eigenvalue weighted by molar-refractivity contribution is -0.386. The van der Waals surface area contributed by atoms with Gasteiger partial charge in [-0.25, -0.2) is 0 Å². The quantitative estimate of drug-likeness (QED) is 0.660. The Labute approximate surface area is 131 Å². The topological polar surface area (TPSA) is 68.1 Å². The van der Waals surface area contributed by atoms with E-state index in [1.165, 1.54) is 0 Å². The van der Waals surface area contributed by atoms with Crippen LogP contribution in [0.3, 0.4) is 0 Å². The van der Waals surface area contributed by atoms with Gasteiger partial charge in [-0.15, -0.1) is 0 Å². The fourth-order valence-electron chi connectivity index (χ4n) is 2.18. The molecule has 21 heavy (non-hydrogen) atoms. The maximum Gasteiger partial charge on any atom is 0.278 e. The van der Waals surface area contributed by atoms with Gasteiger partial charge in [-0.1, -0.05) is 34.1 Å². The maximum absolute atomic E-state index is 11.1. The van der Waals surface area contributed by atoms with Gasteiger partial charge in [0.2, 0.25) is 0 Å². The van der Waals surface area contributed by atoms with E-state index < -0.39 is 0 Å². The highest BCUT2D eigenvalue weighted by molar-refractivity contribution is 9.10. The van der Waals surface area contributed by atoms with Gasteiger partial charge in [0.05, 0.1) is 10.6 Å². The van der Waals surface area contributed by atoms with Gasteiger partial charge >= 0.3 is 0 Å². The van der Waals surface area contributed by atoms with Crippen molar-refractivity contribution in [3.8, 4) is 0 Å². The number of nitro groups is 1. The van der Waals surface area contributed by atoms with Crippen molar-refractivity contribution in [1.29, 1.82) is 0 Å². The Morgan fingerprint density at radius 3 is 2.67 bits per heavy atom. The SMILES string of the molecule is Cc1cnc(CNCc2ccccc2Br)c(C)c1[N+](=O)[O-]. The number of benzene rings is 1. The Morgan fingerprint density at radius 1 is 1.29 bits per heavy atom. The van der Waals surface area contributed by atoms with Crippen molar-refractivity contribution in [2.24, 2.45) is 0 Å². The molecule has 0 fully saturated rings. The van der Waals surface area contributed by atoms with Crippen molar-refractivity contribution in [1.82, 2.24) is 10.3 Å². The number of aromatic nitrogens is 1. The molecule has 0 amide bonds. The second-order valence-electron chi connectivity index (χ2n) is 4.81. The largest absolute Gasteiger partial charge is 0.307 e. The van der Waals surface area contributed by atoms with Crippen LogP contribution in [0.25, 0.3) is 0 Å². The van der Waals surface area contributed by atoms with Gasteiger partial charge in [0.15, 0.2) is 0 Å². The van der Waals surface area contributed by atoms with E-state index in [4.69, 9.17) is 0 Å². The number of nitrogens with one attached hydrogen (secondary N) is 1. The van der Waals surface area contributed by atoms with Crippen LogP contribution in [0.1, 0.15) is 22.4 Å². The zero-order valence-corrected chi connectivity index (χ0v) is 13.5. The van der Waals surface area contributed by atoms with E-state index in [1.54, 1.807) is 20.0 Å². The lowest BCUT2D eigenvalue weighted by Crippen LogP contribution is -2.15. The maximum atomic E-state index is 11.1. The van der Waals surface area contributed by atoms with E-state index in [0.29, 0.717) is 29.9 Å². The van der Waals surface area contributed by atoms with Crippen molar-refractivity contribution >= 4 is 21.6 Å². The molecule has 5 nitrogen and oxygen atoms in total. The van der Waals surface area contributed by atoms with Gasteiger partial charge in [0, 0.05) is 34.9 Å². The van der Waals surface area contributed by atoms with Gasteiger partial charge in [-0.2, -0.15) is 0 Å². The summed E-state index contributed by atoms with van der Waals surface area (Å²) in [4.78, 5) is 15.0. The number of nitrogens with zero attached hydrogens (tertiary/aromatic N) is 2. The third-order valence-electron chi connectivity index (χ3n) is 3.32. The van der Waals surface area contributed by atoms with Gasteiger partial charge in [0.1, 0.15) is 0 Å². The molecule has 0 aliphatic heterocycles. The highest BCUT2D eigenvalue weighted by Gasteiger charge is 2.18.